The van der Waals surface area contributed by atoms with Crippen molar-refractivity contribution in [3.8, 4) is 0 Å². The summed E-state index contributed by atoms with van der Waals surface area (Å²) in [5.41, 5.74) is 3.37. The second-order valence-corrected chi connectivity index (χ2v) is 6.93. The monoisotopic (exact) mass is 261 g/mol. The number of rotatable bonds is 8. The molecule has 0 aliphatic carbocycles. The van der Waals surface area contributed by atoms with E-state index in [0.29, 0.717) is 5.41 Å². The van der Waals surface area contributed by atoms with Crippen molar-refractivity contribution in [3.63, 3.8) is 0 Å². The SMILES string of the molecule is CNCCC(C)(C)CCc1ccc(CC(C)C)cc1. The number of benzene rings is 1. The van der Waals surface area contributed by atoms with Crippen LogP contribution >= 0.6 is 0 Å². The third-order valence-electron chi connectivity index (χ3n) is 3.81. The number of aryl methyl sites for hydroxylation is 1. The zero-order chi connectivity index (χ0) is 14.3. The summed E-state index contributed by atoms with van der Waals surface area (Å²) in [6.45, 7) is 10.4. The van der Waals surface area contributed by atoms with E-state index in [1.54, 1.807) is 0 Å². The molecule has 0 fully saturated rings. The summed E-state index contributed by atoms with van der Waals surface area (Å²) in [7, 11) is 2.03. The van der Waals surface area contributed by atoms with Gasteiger partial charge in [-0.15, -0.1) is 0 Å². The Hall–Kier alpha value is -0.820. The van der Waals surface area contributed by atoms with Gasteiger partial charge in [0.2, 0.25) is 0 Å². The van der Waals surface area contributed by atoms with Crippen LogP contribution in [-0.4, -0.2) is 13.6 Å². The molecular weight excluding hydrogens is 230 g/mol. The van der Waals surface area contributed by atoms with Crippen LogP contribution in [0.25, 0.3) is 0 Å². The summed E-state index contributed by atoms with van der Waals surface area (Å²) in [4.78, 5) is 0. The molecule has 1 aromatic rings. The minimum atomic E-state index is 0.430. The van der Waals surface area contributed by atoms with Gasteiger partial charge < -0.3 is 5.32 Å². The fraction of sp³-hybridized carbons (Fsp3) is 0.667. The van der Waals surface area contributed by atoms with Gasteiger partial charge in [-0.1, -0.05) is 52.0 Å². The topological polar surface area (TPSA) is 12.0 Å². The summed E-state index contributed by atoms with van der Waals surface area (Å²) in [5.74, 6) is 0.742. The van der Waals surface area contributed by atoms with E-state index < -0.39 is 0 Å². The van der Waals surface area contributed by atoms with Gasteiger partial charge in [-0.2, -0.15) is 0 Å². The number of nitrogens with one attached hydrogen (secondary N) is 1. The third kappa shape index (κ3) is 6.77. The fourth-order valence-electron chi connectivity index (χ4n) is 2.38. The molecule has 0 aromatic heterocycles. The smallest absolute Gasteiger partial charge is 0.00468 e. The van der Waals surface area contributed by atoms with Crippen LogP contribution in [-0.2, 0) is 12.8 Å². The van der Waals surface area contributed by atoms with E-state index in [4.69, 9.17) is 0 Å². The van der Waals surface area contributed by atoms with Gasteiger partial charge in [-0.05, 0) is 61.7 Å². The molecule has 0 amide bonds. The molecule has 0 heterocycles. The van der Waals surface area contributed by atoms with Crippen molar-refractivity contribution in [1.29, 1.82) is 0 Å². The van der Waals surface area contributed by atoms with Crippen LogP contribution in [0.1, 0.15) is 51.7 Å². The van der Waals surface area contributed by atoms with Gasteiger partial charge in [0.15, 0.2) is 0 Å². The Labute approximate surface area is 119 Å². The van der Waals surface area contributed by atoms with Gasteiger partial charge in [0.1, 0.15) is 0 Å². The highest BCUT2D eigenvalue weighted by Gasteiger charge is 2.16. The maximum Gasteiger partial charge on any atom is -0.00468 e. The first-order valence-electron chi connectivity index (χ1n) is 7.65. The maximum absolute atomic E-state index is 3.25. The van der Waals surface area contributed by atoms with Crippen LogP contribution in [0.3, 0.4) is 0 Å². The second-order valence-electron chi connectivity index (χ2n) is 6.93. The highest BCUT2D eigenvalue weighted by molar-refractivity contribution is 5.23. The number of hydrogen-bond donors (Lipinski definition) is 1. The minimum absolute atomic E-state index is 0.430. The first-order valence-corrected chi connectivity index (χ1v) is 7.65. The molecule has 0 saturated carbocycles. The molecule has 0 atom stereocenters. The lowest BCUT2D eigenvalue weighted by molar-refractivity contribution is 0.305. The standard InChI is InChI=1S/C18H31N/c1-15(2)14-17-8-6-16(7-9-17)10-11-18(3,4)12-13-19-5/h6-9,15,19H,10-14H2,1-5H3. The van der Waals surface area contributed by atoms with Crippen LogP contribution in [0.2, 0.25) is 0 Å². The third-order valence-corrected chi connectivity index (χ3v) is 3.81. The van der Waals surface area contributed by atoms with E-state index in [0.717, 1.165) is 12.5 Å². The lowest BCUT2D eigenvalue weighted by Crippen LogP contribution is -2.20. The van der Waals surface area contributed by atoms with Crippen molar-refractivity contribution < 1.29 is 0 Å². The van der Waals surface area contributed by atoms with Gasteiger partial charge in [-0.3, -0.25) is 0 Å². The van der Waals surface area contributed by atoms with Crippen LogP contribution in [0.4, 0.5) is 0 Å². The summed E-state index contributed by atoms with van der Waals surface area (Å²) >= 11 is 0. The predicted octanol–water partition coefficient (Wildman–Crippen LogP) is 4.45. The molecular formula is C18H31N. The Bertz CT molecular complexity index is 348. The van der Waals surface area contributed by atoms with Crippen molar-refractivity contribution in [2.24, 2.45) is 11.3 Å². The minimum Gasteiger partial charge on any atom is -0.320 e. The van der Waals surface area contributed by atoms with E-state index in [1.165, 1.54) is 36.8 Å². The quantitative estimate of drug-likeness (QED) is 0.729. The lowest BCUT2D eigenvalue weighted by atomic mass is 9.83. The second kappa shape index (κ2) is 7.69. The van der Waals surface area contributed by atoms with Crippen molar-refractivity contribution in [3.05, 3.63) is 35.4 Å². The molecule has 0 spiro atoms. The Balaban J connectivity index is 2.45. The first kappa shape index (κ1) is 16.2. The molecule has 0 saturated heterocycles. The van der Waals surface area contributed by atoms with Crippen molar-refractivity contribution in [2.45, 2.75) is 53.4 Å². The van der Waals surface area contributed by atoms with Crippen LogP contribution < -0.4 is 5.32 Å². The Kier molecular flexibility index (Phi) is 6.57. The molecule has 0 bridgehead atoms. The van der Waals surface area contributed by atoms with Gasteiger partial charge in [0, 0.05) is 0 Å². The molecule has 0 aliphatic rings. The zero-order valence-corrected chi connectivity index (χ0v) is 13.4. The maximum atomic E-state index is 3.25. The summed E-state index contributed by atoms with van der Waals surface area (Å²) in [5, 5.41) is 3.25. The van der Waals surface area contributed by atoms with Crippen molar-refractivity contribution in [2.75, 3.05) is 13.6 Å². The van der Waals surface area contributed by atoms with Crippen LogP contribution in [0.15, 0.2) is 24.3 Å². The zero-order valence-electron chi connectivity index (χ0n) is 13.4. The average molecular weight is 261 g/mol. The summed E-state index contributed by atoms with van der Waals surface area (Å²) in [6, 6.07) is 9.23. The molecule has 0 unspecified atom stereocenters. The molecule has 0 radical (unpaired) electrons. The summed E-state index contributed by atoms with van der Waals surface area (Å²) < 4.78 is 0. The van der Waals surface area contributed by atoms with Crippen LogP contribution in [0, 0.1) is 11.3 Å². The lowest BCUT2D eigenvalue weighted by Gasteiger charge is -2.24. The molecule has 1 rings (SSSR count). The molecule has 1 heteroatoms. The Morgan fingerprint density at radius 3 is 2.11 bits per heavy atom. The van der Waals surface area contributed by atoms with Gasteiger partial charge in [-0.25, -0.2) is 0 Å². The highest BCUT2D eigenvalue weighted by Crippen LogP contribution is 2.26. The molecule has 108 valence electrons. The van der Waals surface area contributed by atoms with Crippen LogP contribution in [0.5, 0.6) is 0 Å². The molecule has 19 heavy (non-hydrogen) atoms. The fourth-order valence-corrected chi connectivity index (χ4v) is 2.38. The van der Waals surface area contributed by atoms with Gasteiger partial charge >= 0.3 is 0 Å². The van der Waals surface area contributed by atoms with Crippen molar-refractivity contribution in [1.82, 2.24) is 5.32 Å². The predicted molar refractivity (Wildman–Crippen MR) is 85.6 cm³/mol. The van der Waals surface area contributed by atoms with Gasteiger partial charge in [0.05, 0.1) is 0 Å². The van der Waals surface area contributed by atoms with E-state index in [2.05, 4.69) is 57.3 Å². The molecule has 1 N–H and O–H groups in total. The van der Waals surface area contributed by atoms with E-state index >= 15 is 0 Å². The van der Waals surface area contributed by atoms with E-state index in [-0.39, 0.29) is 0 Å². The number of hydrogen-bond acceptors (Lipinski definition) is 1. The van der Waals surface area contributed by atoms with E-state index in [1.807, 2.05) is 7.05 Å². The Morgan fingerprint density at radius 2 is 1.58 bits per heavy atom. The first-order chi connectivity index (χ1) is 8.93. The normalized spacial score (nSPS) is 12.1. The molecule has 1 nitrogen and oxygen atoms in total. The average Bonchev–Trinajstić information content (AvgIpc) is 2.35. The van der Waals surface area contributed by atoms with Gasteiger partial charge in [0.25, 0.3) is 0 Å². The van der Waals surface area contributed by atoms with Crippen molar-refractivity contribution >= 4 is 0 Å². The summed E-state index contributed by atoms with van der Waals surface area (Å²) in [6.07, 6.45) is 4.89. The van der Waals surface area contributed by atoms with E-state index in [9.17, 15) is 0 Å². The largest absolute Gasteiger partial charge is 0.320 e. The molecule has 1 aromatic carbocycles. The highest BCUT2D eigenvalue weighted by atomic mass is 14.8. The Morgan fingerprint density at radius 1 is 1.00 bits per heavy atom. The molecule has 0 aliphatic heterocycles.